The minimum Gasteiger partial charge on any atom is -0.450 e. The number of nitrogens with one attached hydrogen (secondary N) is 1. The normalized spacial score (nSPS) is 11.3. The van der Waals surface area contributed by atoms with Gasteiger partial charge in [0.05, 0.1) is 12.3 Å². The number of benzene rings is 1. The van der Waals surface area contributed by atoms with Crippen molar-refractivity contribution in [1.82, 2.24) is 9.55 Å². The van der Waals surface area contributed by atoms with E-state index in [0.717, 1.165) is 28.3 Å². The molecule has 160 valence electrons. The molecule has 2 heterocycles. The molecule has 0 spiro atoms. The quantitative estimate of drug-likeness (QED) is 0.414. The van der Waals surface area contributed by atoms with E-state index in [2.05, 4.69) is 30.7 Å². The Morgan fingerprint density at radius 1 is 1.30 bits per heavy atom. The molecule has 30 heavy (non-hydrogen) atoms. The number of ether oxygens (including phenoxy) is 1. The van der Waals surface area contributed by atoms with Crippen LogP contribution in [0.2, 0.25) is 0 Å². The summed E-state index contributed by atoms with van der Waals surface area (Å²) in [5.41, 5.74) is 3.55. The second kappa shape index (κ2) is 9.38. The minimum absolute atomic E-state index is 0.279. The highest BCUT2D eigenvalue weighted by atomic mass is 32.2. The lowest BCUT2D eigenvalue weighted by Crippen LogP contribution is -2.13. The summed E-state index contributed by atoms with van der Waals surface area (Å²) in [6, 6.07) is 6.76. The number of fused-ring (bicyclic) bond motifs is 1. The van der Waals surface area contributed by atoms with Crippen molar-refractivity contribution in [2.75, 3.05) is 11.9 Å². The number of hydrogen-bond donors (Lipinski definition) is 1. The van der Waals surface area contributed by atoms with E-state index in [4.69, 9.17) is 14.1 Å². The van der Waals surface area contributed by atoms with Crippen LogP contribution in [0.3, 0.4) is 0 Å². The number of aryl methyl sites for hydroxylation is 1. The molecule has 0 radical (unpaired) electrons. The first-order valence-corrected chi connectivity index (χ1v) is 10.9. The van der Waals surface area contributed by atoms with Gasteiger partial charge in [0, 0.05) is 41.2 Å². The molecule has 0 aliphatic rings. The van der Waals surface area contributed by atoms with Crippen molar-refractivity contribution in [2.24, 2.45) is 5.92 Å². The molecule has 0 saturated heterocycles. The zero-order valence-electron chi connectivity index (χ0n) is 17.9. The molecular weight excluding hydrogens is 402 g/mol. The molecule has 8 heteroatoms. The molecule has 0 unspecified atom stereocenters. The van der Waals surface area contributed by atoms with Gasteiger partial charge >= 0.3 is 11.7 Å². The molecule has 0 bridgehead atoms. The third-order valence-corrected chi connectivity index (χ3v) is 5.70. The van der Waals surface area contributed by atoms with Crippen LogP contribution in [0, 0.1) is 19.8 Å². The number of hydrogen-bond acceptors (Lipinski definition) is 6. The number of thioether (sulfide) groups is 1. The van der Waals surface area contributed by atoms with E-state index in [9.17, 15) is 9.59 Å². The minimum atomic E-state index is -0.548. The van der Waals surface area contributed by atoms with Crippen molar-refractivity contribution in [1.29, 1.82) is 0 Å². The average Bonchev–Trinajstić information content (AvgIpc) is 2.93. The zero-order valence-corrected chi connectivity index (χ0v) is 18.8. The highest BCUT2D eigenvalue weighted by Crippen LogP contribution is 2.29. The Kier molecular flexibility index (Phi) is 6.87. The van der Waals surface area contributed by atoms with Crippen LogP contribution < -0.4 is 10.9 Å². The fourth-order valence-electron chi connectivity index (χ4n) is 3.17. The number of carbonyl (C=O) groups is 1. The van der Waals surface area contributed by atoms with Crippen molar-refractivity contribution in [3.8, 4) is 0 Å². The lowest BCUT2D eigenvalue weighted by molar-refractivity contribution is 0.168. The van der Waals surface area contributed by atoms with E-state index in [1.165, 1.54) is 11.8 Å². The summed E-state index contributed by atoms with van der Waals surface area (Å²) in [5, 5.41) is 4.40. The molecule has 0 aliphatic carbocycles. The van der Waals surface area contributed by atoms with Gasteiger partial charge in [0.15, 0.2) is 5.16 Å². The van der Waals surface area contributed by atoms with Crippen LogP contribution in [0.4, 0.5) is 10.5 Å². The Hall–Kier alpha value is -2.74. The summed E-state index contributed by atoms with van der Waals surface area (Å²) < 4.78 is 12.5. The van der Waals surface area contributed by atoms with Crippen LogP contribution in [0.1, 0.15) is 37.7 Å². The predicted molar refractivity (Wildman–Crippen MR) is 119 cm³/mol. The summed E-state index contributed by atoms with van der Waals surface area (Å²) in [7, 11) is 0. The van der Waals surface area contributed by atoms with Gasteiger partial charge in [0.1, 0.15) is 5.58 Å². The van der Waals surface area contributed by atoms with E-state index in [0.29, 0.717) is 22.9 Å². The smallest absolute Gasteiger partial charge is 0.411 e. The lowest BCUT2D eigenvalue weighted by Gasteiger charge is -2.13. The molecule has 2 aromatic heterocycles. The van der Waals surface area contributed by atoms with Crippen molar-refractivity contribution in [2.45, 2.75) is 52.1 Å². The molecule has 0 atom stereocenters. The van der Waals surface area contributed by atoms with Crippen molar-refractivity contribution in [3.05, 3.63) is 51.6 Å². The third kappa shape index (κ3) is 5.05. The predicted octanol–water partition coefficient (Wildman–Crippen LogP) is 5.12. The van der Waals surface area contributed by atoms with Gasteiger partial charge in [-0.25, -0.2) is 14.6 Å². The zero-order chi connectivity index (χ0) is 21.8. The Bertz CT molecular complexity index is 1120. The van der Waals surface area contributed by atoms with Crippen LogP contribution in [-0.2, 0) is 17.0 Å². The molecule has 0 aliphatic heterocycles. The number of rotatable bonds is 7. The maximum absolute atomic E-state index is 12.1. The van der Waals surface area contributed by atoms with Gasteiger partial charge in [-0.1, -0.05) is 25.6 Å². The Balaban J connectivity index is 1.87. The van der Waals surface area contributed by atoms with Crippen LogP contribution in [0.5, 0.6) is 0 Å². The number of anilines is 1. The Labute approximate surface area is 179 Å². The first-order valence-electron chi connectivity index (χ1n) is 9.95. The molecule has 3 rings (SSSR count). The average molecular weight is 430 g/mol. The van der Waals surface area contributed by atoms with E-state index >= 15 is 0 Å². The Morgan fingerprint density at radius 2 is 2.07 bits per heavy atom. The number of nitrogens with zero attached hydrogens (tertiary/aromatic N) is 2. The number of carbonyl (C=O) groups excluding carboxylic acids is 1. The van der Waals surface area contributed by atoms with E-state index in [-0.39, 0.29) is 6.61 Å². The van der Waals surface area contributed by atoms with Crippen LogP contribution >= 0.6 is 11.8 Å². The van der Waals surface area contributed by atoms with Gasteiger partial charge in [0.25, 0.3) is 0 Å². The van der Waals surface area contributed by atoms with Gasteiger partial charge < -0.3 is 13.7 Å². The lowest BCUT2D eigenvalue weighted by atomic mass is 10.1. The first-order chi connectivity index (χ1) is 14.3. The van der Waals surface area contributed by atoms with E-state index < -0.39 is 11.7 Å². The van der Waals surface area contributed by atoms with Gasteiger partial charge in [-0.2, -0.15) is 0 Å². The van der Waals surface area contributed by atoms with Crippen LogP contribution in [0.25, 0.3) is 11.0 Å². The van der Waals surface area contributed by atoms with Crippen molar-refractivity contribution < 1.29 is 13.9 Å². The van der Waals surface area contributed by atoms with Gasteiger partial charge in [0.2, 0.25) is 0 Å². The molecule has 0 saturated carbocycles. The molecule has 1 aromatic carbocycles. The third-order valence-electron chi connectivity index (χ3n) is 4.68. The van der Waals surface area contributed by atoms with E-state index in [1.54, 1.807) is 30.8 Å². The van der Waals surface area contributed by atoms with E-state index in [1.807, 2.05) is 13.0 Å². The summed E-state index contributed by atoms with van der Waals surface area (Å²) in [6.07, 6.45) is -0.548. The monoisotopic (exact) mass is 429 g/mol. The highest BCUT2D eigenvalue weighted by molar-refractivity contribution is 7.98. The maximum atomic E-state index is 12.1. The van der Waals surface area contributed by atoms with Gasteiger partial charge in [-0.05, 0) is 44.4 Å². The van der Waals surface area contributed by atoms with Crippen molar-refractivity contribution in [3.63, 3.8) is 0 Å². The number of imidazole rings is 1. The second-order valence-corrected chi connectivity index (χ2v) is 8.45. The topological polar surface area (TPSA) is 86.4 Å². The summed E-state index contributed by atoms with van der Waals surface area (Å²) in [6.45, 7) is 11.4. The molecular formula is C22H27N3O4S. The fraction of sp³-hybridized carbons (Fsp3) is 0.409. The van der Waals surface area contributed by atoms with Crippen molar-refractivity contribution >= 4 is 34.5 Å². The maximum Gasteiger partial charge on any atom is 0.411 e. The molecule has 0 fully saturated rings. The standard InChI is InChI=1S/C22H27N3O4S/c1-6-28-22(27)24-17-7-8-18-16(9-20(26)29-19(18)10-17)12-30-21-23-14(4)15(5)25(21)11-13(2)3/h7-10,13H,6,11-12H2,1-5H3,(H,24,27). The van der Waals surface area contributed by atoms with Crippen LogP contribution in [0.15, 0.2) is 38.6 Å². The van der Waals surface area contributed by atoms with Crippen LogP contribution in [-0.4, -0.2) is 22.3 Å². The molecule has 1 N–H and O–H groups in total. The molecule has 1 amide bonds. The molecule has 7 nitrogen and oxygen atoms in total. The van der Waals surface area contributed by atoms with Gasteiger partial charge in [-0.3, -0.25) is 5.32 Å². The summed E-state index contributed by atoms with van der Waals surface area (Å²) in [4.78, 5) is 28.5. The fourth-order valence-corrected chi connectivity index (χ4v) is 4.26. The first kappa shape index (κ1) is 22.0. The number of amides is 1. The Morgan fingerprint density at radius 3 is 2.77 bits per heavy atom. The second-order valence-electron chi connectivity index (χ2n) is 7.51. The molecule has 3 aromatic rings. The number of aromatic nitrogens is 2. The summed E-state index contributed by atoms with van der Waals surface area (Å²) in [5.74, 6) is 1.09. The SMILES string of the molecule is CCOC(=O)Nc1ccc2c(CSc3nc(C)c(C)n3CC(C)C)cc(=O)oc2c1. The largest absolute Gasteiger partial charge is 0.450 e. The highest BCUT2D eigenvalue weighted by Gasteiger charge is 2.15. The van der Waals surface area contributed by atoms with Gasteiger partial charge in [-0.15, -0.1) is 0 Å². The summed E-state index contributed by atoms with van der Waals surface area (Å²) >= 11 is 1.60.